The van der Waals surface area contributed by atoms with Crippen LogP contribution in [0.25, 0.3) is 11.0 Å². The van der Waals surface area contributed by atoms with Gasteiger partial charge in [-0.1, -0.05) is 24.3 Å². The van der Waals surface area contributed by atoms with E-state index in [1.807, 2.05) is 53.1 Å². The van der Waals surface area contributed by atoms with Crippen LogP contribution in [0, 0.1) is 5.92 Å². The number of aromatic nitrogens is 2. The van der Waals surface area contributed by atoms with Gasteiger partial charge in [-0.25, -0.2) is 4.98 Å². The molecule has 0 aliphatic carbocycles. The second kappa shape index (κ2) is 6.75. The zero-order valence-corrected chi connectivity index (χ0v) is 15.0. The standard InChI is InChI=1S/C20H19N3O4/c1-3-27-19(25)16-17(12-7-6-8-13(11-12)26-2)23-15-10-5-4-9-14(15)21-20(23)22-18(16)24/h4-11,16-17H,3H2,1-2H3,(H,21,22,24)/t16-,17-/m1/s1. The van der Waals surface area contributed by atoms with Gasteiger partial charge in [0.05, 0.1) is 30.8 Å². The molecule has 1 aromatic heterocycles. The number of nitrogens with one attached hydrogen (secondary N) is 1. The molecule has 2 atom stereocenters. The van der Waals surface area contributed by atoms with Gasteiger partial charge in [0, 0.05) is 0 Å². The molecule has 2 heterocycles. The van der Waals surface area contributed by atoms with Crippen LogP contribution < -0.4 is 10.1 Å². The molecule has 0 spiro atoms. The number of para-hydroxylation sites is 2. The summed E-state index contributed by atoms with van der Waals surface area (Å²) in [6, 6.07) is 14.3. The molecule has 0 radical (unpaired) electrons. The fourth-order valence-corrected chi connectivity index (χ4v) is 3.53. The van der Waals surface area contributed by atoms with Crippen molar-refractivity contribution in [1.29, 1.82) is 0 Å². The molecule has 0 bridgehead atoms. The minimum absolute atomic E-state index is 0.199. The normalized spacial score (nSPS) is 18.7. The highest BCUT2D eigenvalue weighted by Gasteiger charge is 2.44. The summed E-state index contributed by atoms with van der Waals surface area (Å²) in [5.74, 6) is -0.959. The summed E-state index contributed by atoms with van der Waals surface area (Å²) in [6.45, 7) is 1.92. The Balaban J connectivity index is 1.96. The van der Waals surface area contributed by atoms with Crippen LogP contribution in [0.15, 0.2) is 48.5 Å². The van der Waals surface area contributed by atoms with Crippen LogP contribution in [-0.4, -0.2) is 35.1 Å². The quantitative estimate of drug-likeness (QED) is 0.568. The minimum atomic E-state index is -1.03. The van der Waals surface area contributed by atoms with Gasteiger partial charge in [0.1, 0.15) is 5.75 Å². The molecule has 1 aliphatic heterocycles. The lowest BCUT2D eigenvalue weighted by Crippen LogP contribution is -2.43. The third-order valence-corrected chi connectivity index (χ3v) is 4.68. The third-order valence-electron chi connectivity index (χ3n) is 4.68. The number of anilines is 1. The van der Waals surface area contributed by atoms with Crippen molar-refractivity contribution < 1.29 is 19.1 Å². The molecule has 138 valence electrons. The molecular formula is C20H19N3O4. The average Bonchev–Trinajstić information content (AvgIpc) is 3.04. The fraction of sp³-hybridized carbons (Fsp3) is 0.250. The molecule has 1 aliphatic rings. The average molecular weight is 365 g/mol. The summed E-state index contributed by atoms with van der Waals surface area (Å²) < 4.78 is 12.4. The molecule has 0 fully saturated rings. The van der Waals surface area contributed by atoms with E-state index < -0.39 is 23.8 Å². The topological polar surface area (TPSA) is 82.5 Å². The number of imidazole rings is 1. The van der Waals surface area contributed by atoms with Crippen molar-refractivity contribution in [2.75, 3.05) is 19.0 Å². The van der Waals surface area contributed by atoms with E-state index in [1.165, 1.54) is 0 Å². The Hall–Kier alpha value is -3.35. The molecule has 0 saturated heterocycles. The van der Waals surface area contributed by atoms with Crippen LogP contribution in [0.3, 0.4) is 0 Å². The lowest BCUT2D eigenvalue weighted by molar-refractivity contribution is -0.152. The Morgan fingerprint density at radius 3 is 2.81 bits per heavy atom. The first-order valence-electron chi connectivity index (χ1n) is 8.72. The van der Waals surface area contributed by atoms with Gasteiger partial charge in [-0.15, -0.1) is 0 Å². The molecule has 7 heteroatoms. The number of hydrogen-bond acceptors (Lipinski definition) is 5. The Morgan fingerprint density at radius 2 is 2.04 bits per heavy atom. The van der Waals surface area contributed by atoms with E-state index in [-0.39, 0.29) is 6.61 Å². The molecule has 4 rings (SSSR count). The van der Waals surface area contributed by atoms with E-state index in [0.717, 1.165) is 16.6 Å². The molecule has 0 unspecified atom stereocenters. The summed E-state index contributed by atoms with van der Waals surface area (Å²) in [4.78, 5) is 30.0. The number of ether oxygens (including phenoxy) is 2. The van der Waals surface area contributed by atoms with Crippen LogP contribution in [-0.2, 0) is 14.3 Å². The van der Waals surface area contributed by atoms with Gasteiger partial charge in [0.15, 0.2) is 5.92 Å². The van der Waals surface area contributed by atoms with Gasteiger partial charge in [-0.3, -0.25) is 14.9 Å². The maximum atomic E-state index is 12.8. The molecule has 3 aromatic rings. The smallest absolute Gasteiger partial charge is 0.321 e. The van der Waals surface area contributed by atoms with E-state index in [9.17, 15) is 9.59 Å². The van der Waals surface area contributed by atoms with Crippen LogP contribution >= 0.6 is 0 Å². The van der Waals surface area contributed by atoms with Crippen molar-refractivity contribution >= 4 is 28.9 Å². The summed E-state index contributed by atoms with van der Waals surface area (Å²) in [6.07, 6.45) is 0. The predicted molar refractivity (Wildman–Crippen MR) is 99.6 cm³/mol. The highest BCUT2D eigenvalue weighted by molar-refractivity contribution is 6.07. The number of methoxy groups -OCH3 is 1. The molecule has 1 amide bonds. The molecule has 7 nitrogen and oxygen atoms in total. The fourth-order valence-electron chi connectivity index (χ4n) is 3.53. The summed E-state index contributed by atoms with van der Waals surface area (Å²) in [5, 5.41) is 2.75. The van der Waals surface area contributed by atoms with E-state index in [1.54, 1.807) is 14.0 Å². The van der Waals surface area contributed by atoms with Crippen molar-refractivity contribution in [3.8, 4) is 5.75 Å². The number of carbonyl (C=O) groups is 2. The van der Waals surface area contributed by atoms with E-state index in [4.69, 9.17) is 9.47 Å². The van der Waals surface area contributed by atoms with Crippen LogP contribution in [0.2, 0.25) is 0 Å². The maximum Gasteiger partial charge on any atom is 0.321 e. The second-order valence-electron chi connectivity index (χ2n) is 6.23. The summed E-state index contributed by atoms with van der Waals surface area (Å²) in [7, 11) is 1.58. The number of rotatable bonds is 4. The molecular weight excluding hydrogens is 346 g/mol. The van der Waals surface area contributed by atoms with Crippen molar-refractivity contribution in [2.45, 2.75) is 13.0 Å². The Labute approximate surface area is 155 Å². The summed E-state index contributed by atoms with van der Waals surface area (Å²) in [5.41, 5.74) is 2.34. The van der Waals surface area contributed by atoms with Crippen molar-refractivity contribution in [2.24, 2.45) is 5.92 Å². The second-order valence-corrected chi connectivity index (χ2v) is 6.23. The number of carbonyl (C=O) groups excluding carboxylic acids is 2. The third kappa shape index (κ3) is 2.81. The number of nitrogens with zero attached hydrogens (tertiary/aromatic N) is 2. The first-order chi connectivity index (χ1) is 13.1. The lowest BCUT2D eigenvalue weighted by Gasteiger charge is -2.32. The van der Waals surface area contributed by atoms with Gasteiger partial charge in [0.25, 0.3) is 0 Å². The largest absolute Gasteiger partial charge is 0.497 e. The van der Waals surface area contributed by atoms with Gasteiger partial charge in [0.2, 0.25) is 11.9 Å². The number of amides is 1. The Bertz CT molecular complexity index is 1030. The number of esters is 1. The van der Waals surface area contributed by atoms with E-state index in [2.05, 4.69) is 10.3 Å². The minimum Gasteiger partial charge on any atom is -0.497 e. The van der Waals surface area contributed by atoms with E-state index in [0.29, 0.717) is 11.7 Å². The Morgan fingerprint density at radius 1 is 1.22 bits per heavy atom. The SMILES string of the molecule is CCOC(=O)[C@H]1C(=O)Nc2nc3ccccc3n2[C@@H]1c1cccc(OC)c1. The van der Waals surface area contributed by atoms with Gasteiger partial charge >= 0.3 is 5.97 Å². The van der Waals surface area contributed by atoms with Crippen LogP contribution in [0.4, 0.5) is 5.95 Å². The van der Waals surface area contributed by atoms with Crippen molar-refractivity contribution in [1.82, 2.24) is 9.55 Å². The van der Waals surface area contributed by atoms with Crippen LogP contribution in [0.5, 0.6) is 5.75 Å². The van der Waals surface area contributed by atoms with Crippen molar-refractivity contribution in [3.05, 3.63) is 54.1 Å². The molecule has 0 saturated carbocycles. The summed E-state index contributed by atoms with van der Waals surface area (Å²) >= 11 is 0. The van der Waals surface area contributed by atoms with Gasteiger partial charge in [-0.2, -0.15) is 0 Å². The zero-order chi connectivity index (χ0) is 19.0. The lowest BCUT2D eigenvalue weighted by atomic mass is 9.90. The predicted octanol–water partition coefficient (Wildman–Crippen LogP) is 2.77. The Kier molecular flexibility index (Phi) is 4.27. The first-order valence-corrected chi connectivity index (χ1v) is 8.72. The molecule has 27 heavy (non-hydrogen) atoms. The van der Waals surface area contributed by atoms with Gasteiger partial charge < -0.3 is 14.0 Å². The zero-order valence-electron chi connectivity index (χ0n) is 15.0. The molecule has 2 aromatic carbocycles. The highest BCUT2D eigenvalue weighted by Crippen LogP contribution is 2.39. The number of benzene rings is 2. The first kappa shape index (κ1) is 17.1. The number of fused-ring (bicyclic) bond motifs is 3. The van der Waals surface area contributed by atoms with E-state index >= 15 is 0 Å². The monoisotopic (exact) mass is 365 g/mol. The van der Waals surface area contributed by atoms with Crippen molar-refractivity contribution in [3.63, 3.8) is 0 Å². The highest BCUT2D eigenvalue weighted by atomic mass is 16.5. The number of hydrogen-bond donors (Lipinski definition) is 1. The van der Waals surface area contributed by atoms with Gasteiger partial charge in [-0.05, 0) is 36.8 Å². The molecule has 1 N–H and O–H groups in total. The van der Waals surface area contributed by atoms with Crippen LogP contribution in [0.1, 0.15) is 18.5 Å². The maximum absolute atomic E-state index is 12.8.